The average molecular weight is 178 g/mol. The minimum Gasteiger partial charge on any atom is -0.473 e. The monoisotopic (exact) mass is 178 g/mol. The molecule has 0 heterocycles. The largest absolute Gasteiger partial charge is 0.473 e. The molecule has 0 radical (unpaired) electrons. The van der Waals surface area contributed by atoms with Gasteiger partial charge in [-0.05, 0) is 13.3 Å². The van der Waals surface area contributed by atoms with E-state index in [-0.39, 0.29) is 13.2 Å². The minimum atomic E-state index is -1.54. The van der Waals surface area contributed by atoms with Gasteiger partial charge in [0.05, 0.1) is 6.61 Å². The first kappa shape index (κ1) is 13.5. The van der Waals surface area contributed by atoms with Crippen molar-refractivity contribution in [3.05, 3.63) is 0 Å². The normalized spacial score (nSPS) is 7.92. The number of hydrogen-bond donors (Lipinski definition) is 2. The van der Waals surface area contributed by atoms with Crippen molar-refractivity contribution in [2.75, 3.05) is 13.2 Å². The number of hydrogen-bond acceptors (Lipinski definition) is 4. The van der Waals surface area contributed by atoms with Crippen LogP contribution in [-0.4, -0.2) is 35.4 Å². The maximum Gasteiger partial charge on any atom is 0.417 e. The molecule has 0 spiro atoms. The Hall–Kier alpha value is -1.10. The standard InChI is InChI=1S/C5H8O4.C2H6O/c1-2-3-9-5(8)4(6)7;1-2-3/h2-3H2,1H3,(H,6,7);3H,2H2,1H3. The van der Waals surface area contributed by atoms with Crippen LogP contribution in [0.25, 0.3) is 0 Å². The van der Waals surface area contributed by atoms with Gasteiger partial charge < -0.3 is 14.9 Å². The molecule has 0 bridgehead atoms. The molecule has 0 saturated carbocycles. The van der Waals surface area contributed by atoms with Crippen LogP contribution in [0.3, 0.4) is 0 Å². The quantitative estimate of drug-likeness (QED) is 0.460. The smallest absolute Gasteiger partial charge is 0.417 e. The minimum absolute atomic E-state index is 0.172. The molecule has 0 saturated heterocycles. The van der Waals surface area contributed by atoms with Crippen molar-refractivity contribution in [2.24, 2.45) is 0 Å². The second kappa shape index (κ2) is 9.90. The summed E-state index contributed by atoms with van der Waals surface area (Å²) in [5.74, 6) is -2.72. The predicted octanol–water partition coefficient (Wildman–Crippen LogP) is 0.0228. The fourth-order valence-corrected chi connectivity index (χ4v) is 0.256. The van der Waals surface area contributed by atoms with Gasteiger partial charge in [-0.1, -0.05) is 6.92 Å². The molecule has 0 aromatic heterocycles. The molecule has 0 amide bonds. The van der Waals surface area contributed by atoms with Crippen LogP contribution in [-0.2, 0) is 14.3 Å². The highest BCUT2D eigenvalue weighted by Crippen LogP contribution is 1.81. The maximum atomic E-state index is 10.1. The van der Waals surface area contributed by atoms with Crippen LogP contribution >= 0.6 is 0 Å². The summed E-state index contributed by atoms with van der Waals surface area (Å²) in [6.07, 6.45) is 0.638. The van der Waals surface area contributed by atoms with E-state index in [4.69, 9.17) is 10.2 Å². The number of carbonyl (C=O) groups is 2. The lowest BCUT2D eigenvalue weighted by molar-refractivity contribution is -0.163. The lowest BCUT2D eigenvalue weighted by atomic mass is 10.5. The molecule has 0 fully saturated rings. The maximum absolute atomic E-state index is 10.1. The van der Waals surface area contributed by atoms with Crippen molar-refractivity contribution in [2.45, 2.75) is 20.3 Å². The second-order valence-corrected chi connectivity index (χ2v) is 1.76. The summed E-state index contributed by atoms with van der Waals surface area (Å²) >= 11 is 0. The first-order chi connectivity index (χ1) is 5.59. The molecule has 72 valence electrons. The fourth-order valence-electron chi connectivity index (χ4n) is 0.256. The summed E-state index contributed by atoms with van der Waals surface area (Å²) in [6.45, 7) is 3.89. The summed E-state index contributed by atoms with van der Waals surface area (Å²) in [5, 5.41) is 15.5. The molecule has 0 rings (SSSR count). The molecular weight excluding hydrogens is 164 g/mol. The lowest BCUT2D eigenvalue weighted by Gasteiger charge is -1.95. The van der Waals surface area contributed by atoms with Gasteiger partial charge in [0.2, 0.25) is 0 Å². The number of aliphatic hydroxyl groups excluding tert-OH is 1. The van der Waals surface area contributed by atoms with Crippen molar-refractivity contribution >= 4 is 11.9 Å². The van der Waals surface area contributed by atoms with E-state index in [9.17, 15) is 9.59 Å². The first-order valence-electron chi connectivity index (χ1n) is 3.61. The van der Waals surface area contributed by atoms with E-state index in [0.717, 1.165) is 0 Å². The topological polar surface area (TPSA) is 83.8 Å². The van der Waals surface area contributed by atoms with Gasteiger partial charge in [-0.2, -0.15) is 0 Å². The van der Waals surface area contributed by atoms with E-state index in [0.29, 0.717) is 6.42 Å². The number of rotatable bonds is 2. The third kappa shape index (κ3) is 11.7. The van der Waals surface area contributed by atoms with E-state index in [1.54, 1.807) is 13.8 Å². The lowest BCUT2D eigenvalue weighted by Crippen LogP contribution is -2.16. The van der Waals surface area contributed by atoms with Gasteiger partial charge in [0, 0.05) is 6.61 Å². The molecule has 5 heteroatoms. The number of carbonyl (C=O) groups excluding carboxylic acids is 1. The van der Waals surface area contributed by atoms with Crippen molar-refractivity contribution in [1.82, 2.24) is 0 Å². The average Bonchev–Trinajstić information content (AvgIpc) is 2.01. The molecule has 0 unspecified atom stereocenters. The van der Waals surface area contributed by atoms with Crippen LogP contribution in [0.15, 0.2) is 0 Å². The van der Waals surface area contributed by atoms with Gasteiger partial charge in [0.1, 0.15) is 0 Å². The van der Waals surface area contributed by atoms with Gasteiger partial charge in [0.25, 0.3) is 0 Å². The number of aliphatic hydroxyl groups is 1. The molecule has 0 aliphatic heterocycles. The van der Waals surface area contributed by atoms with Gasteiger partial charge >= 0.3 is 11.9 Å². The third-order valence-electron chi connectivity index (χ3n) is 0.612. The summed E-state index contributed by atoms with van der Waals surface area (Å²) in [6, 6.07) is 0. The molecule has 2 N–H and O–H groups in total. The summed E-state index contributed by atoms with van der Waals surface area (Å²) in [7, 11) is 0. The predicted molar refractivity (Wildman–Crippen MR) is 41.6 cm³/mol. The number of carboxylic acids is 1. The van der Waals surface area contributed by atoms with Crippen LogP contribution < -0.4 is 0 Å². The molecule has 0 aromatic rings. The third-order valence-corrected chi connectivity index (χ3v) is 0.612. The Kier molecular flexibility index (Phi) is 11.1. The molecule has 0 atom stereocenters. The molecule has 0 aromatic carbocycles. The van der Waals surface area contributed by atoms with Crippen molar-refractivity contribution in [1.29, 1.82) is 0 Å². The molecule has 0 aliphatic carbocycles. The van der Waals surface area contributed by atoms with E-state index >= 15 is 0 Å². The zero-order valence-corrected chi connectivity index (χ0v) is 7.24. The van der Waals surface area contributed by atoms with E-state index in [1.807, 2.05) is 0 Å². The van der Waals surface area contributed by atoms with E-state index in [2.05, 4.69) is 4.74 Å². The number of ether oxygens (including phenoxy) is 1. The second-order valence-electron chi connectivity index (χ2n) is 1.76. The Morgan fingerprint density at radius 1 is 1.33 bits per heavy atom. The highest BCUT2D eigenvalue weighted by molar-refractivity contribution is 6.28. The summed E-state index contributed by atoms with van der Waals surface area (Å²) in [4.78, 5) is 19.8. The van der Waals surface area contributed by atoms with Crippen LogP contribution in [0, 0.1) is 0 Å². The van der Waals surface area contributed by atoms with Crippen LogP contribution in [0.2, 0.25) is 0 Å². The zero-order valence-electron chi connectivity index (χ0n) is 7.24. The Balaban J connectivity index is 0. The van der Waals surface area contributed by atoms with Crippen molar-refractivity contribution < 1.29 is 24.5 Å². The van der Waals surface area contributed by atoms with Crippen LogP contribution in [0.5, 0.6) is 0 Å². The van der Waals surface area contributed by atoms with E-state index in [1.165, 1.54) is 0 Å². The van der Waals surface area contributed by atoms with Crippen LogP contribution in [0.1, 0.15) is 20.3 Å². The molecular formula is C7H14O5. The highest BCUT2D eigenvalue weighted by Gasteiger charge is 2.10. The van der Waals surface area contributed by atoms with Gasteiger partial charge in [-0.25, -0.2) is 9.59 Å². The summed E-state index contributed by atoms with van der Waals surface area (Å²) < 4.78 is 4.21. The molecule has 5 nitrogen and oxygen atoms in total. The Morgan fingerprint density at radius 2 is 1.75 bits per heavy atom. The van der Waals surface area contributed by atoms with Crippen LogP contribution in [0.4, 0.5) is 0 Å². The first-order valence-corrected chi connectivity index (χ1v) is 3.61. The molecule has 0 aliphatic rings. The van der Waals surface area contributed by atoms with Gasteiger partial charge in [0.15, 0.2) is 0 Å². The number of aliphatic carboxylic acids is 1. The van der Waals surface area contributed by atoms with Crippen molar-refractivity contribution in [3.63, 3.8) is 0 Å². The van der Waals surface area contributed by atoms with E-state index < -0.39 is 11.9 Å². The Bertz CT molecular complexity index is 132. The fraction of sp³-hybridized carbons (Fsp3) is 0.714. The number of esters is 1. The summed E-state index contributed by atoms with van der Waals surface area (Å²) in [5.41, 5.74) is 0. The highest BCUT2D eigenvalue weighted by atomic mass is 16.6. The van der Waals surface area contributed by atoms with Gasteiger partial charge in [-0.15, -0.1) is 0 Å². The van der Waals surface area contributed by atoms with Gasteiger partial charge in [-0.3, -0.25) is 0 Å². The SMILES string of the molecule is CCCOC(=O)C(=O)O.CCO. The Morgan fingerprint density at radius 3 is 2.00 bits per heavy atom. The molecule has 12 heavy (non-hydrogen) atoms. The number of carboxylic acid groups (broad SMARTS) is 1. The van der Waals surface area contributed by atoms with Crippen molar-refractivity contribution in [3.8, 4) is 0 Å². The zero-order chi connectivity index (χ0) is 9.98. The Labute approximate surface area is 71.0 Å².